The largest absolute Gasteiger partial charge is 0.508 e. The summed E-state index contributed by atoms with van der Waals surface area (Å²) in [4.78, 5) is 0. The highest BCUT2D eigenvalue weighted by atomic mass is 32.2. The minimum absolute atomic E-state index is 0.0805. The van der Waals surface area contributed by atoms with Gasteiger partial charge >= 0.3 is 0 Å². The third kappa shape index (κ3) is 2.23. The second-order valence-electron chi connectivity index (χ2n) is 3.61. The molecule has 1 aromatic heterocycles. The Kier molecular flexibility index (Phi) is 2.55. The Morgan fingerprint density at radius 1 is 1.29 bits per heavy atom. The molecule has 0 atom stereocenters. The van der Waals surface area contributed by atoms with Gasteiger partial charge in [0.15, 0.2) is 14.9 Å². The minimum atomic E-state index is -3.38. The minimum Gasteiger partial charge on any atom is -0.508 e. The summed E-state index contributed by atoms with van der Waals surface area (Å²) in [6, 6.07) is 7.41. The molecular weight excluding hydrogens is 242 g/mol. The quantitative estimate of drug-likeness (QED) is 0.815. The average Bonchev–Trinajstić information content (AvgIpc) is 2.61. The molecule has 0 saturated heterocycles. The number of sulfone groups is 1. The molecule has 0 aliphatic rings. The van der Waals surface area contributed by atoms with Crippen molar-refractivity contribution in [2.24, 2.45) is 0 Å². The van der Waals surface area contributed by atoms with E-state index < -0.39 is 9.84 Å². The highest BCUT2D eigenvalue weighted by Crippen LogP contribution is 2.19. The number of nitrogens with two attached hydrogens (primary N) is 1. The van der Waals surface area contributed by atoms with Crippen molar-refractivity contribution in [2.45, 2.75) is 5.03 Å². The molecule has 2 aromatic rings. The summed E-state index contributed by atoms with van der Waals surface area (Å²) < 4.78 is 23.9. The van der Waals surface area contributed by atoms with Gasteiger partial charge in [0.25, 0.3) is 0 Å². The van der Waals surface area contributed by atoms with Gasteiger partial charge in [-0.1, -0.05) is 0 Å². The van der Waals surface area contributed by atoms with E-state index in [-0.39, 0.29) is 16.6 Å². The highest BCUT2D eigenvalue weighted by molar-refractivity contribution is 7.90. The molecule has 0 spiro atoms. The first-order valence-corrected chi connectivity index (χ1v) is 6.62. The fraction of sp³-hybridized carbons (Fsp3) is 0.100. The first-order valence-electron chi connectivity index (χ1n) is 4.73. The van der Waals surface area contributed by atoms with Crippen LogP contribution >= 0.6 is 0 Å². The maximum atomic E-state index is 11.3. The molecule has 2 rings (SSSR count). The molecule has 0 saturated carbocycles. The topological polar surface area (TPSA) is 98.2 Å². The van der Waals surface area contributed by atoms with Gasteiger partial charge < -0.3 is 10.8 Å². The predicted molar refractivity (Wildman–Crippen MR) is 62.8 cm³/mol. The molecular formula is C10H11N3O3S. The molecule has 0 bridgehead atoms. The lowest BCUT2D eigenvalue weighted by atomic mass is 10.3. The zero-order chi connectivity index (χ0) is 12.6. The van der Waals surface area contributed by atoms with Gasteiger partial charge in [-0.3, -0.25) is 0 Å². The SMILES string of the molecule is CS(=O)(=O)c1cc(N)n(-c2ccc(O)cc2)n1. The van der Waals surface area contributed by atoms with Crippen molar-refractivity contribution in [3.63, 3.8) is 0 Å². The number of nitrogens with zero attached hydrogens (tertiary/aromatic N) is 2. The lowest BCUT2D eigenvalue weighted by molar-refractivity contribution is 0.475. The number of anilines is 1. The van der Waals surface area contributed by atoms with Gasteiger partial charge in [-0.2, -0.15) is 5.10 Å². The Morgan fingerprint density at radius 3 is 2.35 bits per heavy atom. The van der Waals surface area contributed by atoms with Crippen molar-refractivity contribution in [3.05, 3.63) is 30.3 Å². The van der Waals surface area contributed by atoms with Crippen molar-refractivity contribution in [1.29, 1.82) is 0 Å². The maximum Gasteiger partial charge on any atom is 0.194 e. The van der Waals surface area contributed by atoms with Crippen molar-refractivity contribution in [1.82, 2.24) is 9.78 Å². The van der Waals surface area contributed by atoms with Crippen LogP contribution in [0.4, 0.5) is 5.82 Å². The Hall–Kier alpha value is -2.02. The van der Waals surface area contributed by atoms with Crippen LogP contribution in [0.2, 0.25) is 0 Å². The number of hydrogen-bond acceptors (Lipinski definition) is 5. The Bertz CT molecular complexity index is 644. The first kappa shape index (κ1) is 11.5. The molecule has 0 aliphatic carbocycles. The zero-order valence-corrected chi connectivity index (χ0v) is 9.85. The van der Waals surface area contributed by atoms with Gasteiger partial charge in [0.2, 0.25) is 0 Å². The Labute approximate surface area is 98.2 Å². The fourth-order valence-electron chi connectivity index (χ4n) is 1.35. The molecule has 3 N–H and O–H groups in total. The number of benzene rings is 1. The van der Waals surface area contributed by atoms with Gasteiger partial charge in [0.1, 0.15) is 11.6 Å². The third-order valence-corrected chi connectivity index (χ3v) is 3.15. The first-order chi connectivity index (χ1) is 7.88. The highest BCUT2D eigenvalue weighted by Gasteiger charge is 2.15. The molecule has 7 heteroatoms. The third-order valence-electron chi connectivity index (χ3n) is 2.19. The molecule has 17 heavy (non-hydrogen) atoms. The lowest BCUT2D eigenvalue weighted by Crippen LogP contribution is -2.03. The van der Waals surface area contributed by atoms with Crippen LogP contribution in [0, 0.1) is 0 Å². The number of phenolic OH excluding ortho intramolecular Hbond substituents is 1. The second kappa shape index (κ2) is 3.77. The number of nitrogen functional groups attached to an aromatic ring is 1. The standard InChI is InChI=1S/C10H11N3O3S/c1-17(15,16)10-6-9(11)13(12-10)7-2-4-8(14)5-3-7/h2-6,14H,11H2,1H3. The summed E-state index contributed by atoms with van der Waals surface area (Å²) in [6.07, 6.45) is 1.07. The van der Waals surface area contributed by atoms with Crippen LogP contribution in [0.5, 0.6) is 5.75 Å². The van der Waals surface area contributed by atoms with Gasteiger partial charge in [-0.05, 0) is 24.3 Å². The van der Waals surface area contributed by atoms with Crippen LogP contribution in [0.25, 0.3) is 5.69 Å². The van der Waals surface area contributed by atoms with E-state index in [1.807, 2.05) is 0 Å². The second-order valence-corrected chi connectivity index (χ2v) is 5.57. The van der Waals surface area contributed by atoms with E-state index in [4.69, 9.17) is 10.8 Å². The van der Waals surface area contributed by atoms with E-state index >= 15 is 0 Å². The summed E-state index contributed by atoms with van der Waals surface area (Å²) in [5.74, 6) is 0.332. The molecule has 90 valence electrons. The van der Waals surface area contributed by atoms with E-state index in [1.54, 1.807) is 12.1 Å². The number of aromatic nitrogens is 2. The van der Waals surface area contributed by atoms with Gasteiger partial charge in [-0.15, -0.1) is 0 Å². The monoisotopic (exact) mass is 253 g/mol. The molecule has 6 nitrogen and oxygen atoms in total. The van der Waals surface area contributed by atoms with Gasteiger partial charge in [0.05, 0.1) is 5.69 Å². The zero-order valence-electron chi connectivity index (χ0n) is 9.03. The summed E-state index contributed by atoms with van der Waals surface area (Å²) in [6.45, 7) is 0. The van der Waals surface area contributed by atoms with Crippen molar-refractivity contribution in [2.75, 3.05) is 12.0 Å². The van der Waals surface area contributed by atoms with Crippen molar-refractivity contribution in [3.8, 4) is 11.4 Å². The average molecular weight is 253 g/mol. The van der Waals surface area contributed by atoms with Crippen LogP contribution in [0.3, 0.4) is 0 Å². The molecule has 0 unspecified atom stereocenters. The smallest absolute Gasteiger partial charge is 0.194 e. The molecule has 0 radical (unpaired) electrons. The Balaban J connectivity index is 2.54. The Morgan fingerprint density at radius 2 is 1.88 bits per heavy atom. The maximum absolute atomic E-state index is 11.3. The van der Waals surface area contributed by atoms with Crippen LogP contribution in [-0.2, 0) is 9.84 Å². The van der Waals surface area contributed by atoms with Gasteiger partial charge in [0, 0.05) is 12.3 Å². The number of rotatable bonds is 2. The van der Waals surface area contributed by atoms with E-state index in [0.717, 1.165) is 6.26 Å². The normalized spacial score (nSPS) is 11.6. The molecule has 1 heterocycles. The molecule has 0 aliphatic heterocycles. The van der Waals surface area contributed by atoms with E-state index in [2.05, 4.69) is 5.10 Å². The van der Waals surface area contributed by atoms with Crippen molar-refractivity contribution < 1.29 is 13.5 Å². The molecule has 1 aromatic carbocycles. The van der Waals surface area contributed by atoms with E-state index in [1.165, 1.54) is 22.9 Å². The van der Waals surface area contributed by atoms with Crippen molar-refractivity contribution >= 4 is 15.7 Å². The van der Waals surface area contributed by atoms with E-state index in [9.17, 15) is 8.42 Å². The van der Waals surface area contributed by atoms with Crippen LogP contribution in [0.15, 0.2) is 35.4 Å². The number of aromatic hydroxyl groups is 1. The van der Waals surface area contributed by atoms with Crippen LogP contribution < -0.4 is 5.73 Å². The molecule has 0 fully saturated rings. The van der Waals surface area contributed by atoms with Crippen LogP contribution in [0.1, 0.15) is 0 Å². The number of phenols is 1. The summed E-state index contributed by atoms with van der Waals surface area (Å²) in [5.41, 5.74) is 6.26. The summed E-state index contributed by atoms with van der Waals surface area (Å²) in [5, 5.41) is 13.0. The molecule has 0 amide bonds. The van der Waals surface area contributed by atoms with E-state index in [0.29, 0.717) is 5.69 Å². The fourth-order valence-corrected chi connectivity index (χ4v) is 1.92. The summed E-state index contributed by atoms with van der Waals surface area (Å²) in [7, 11) is -3.38. The summed E-state index contributed by atoms with van der Waals surface area (Å²) >= 11 is 0. The van der Waals surface area contributed by atoms with Gasteiger partial charge in [-0.25, -0.2) is 13.1 Å². The van der Waals surface area contributed by atoms with Crippen LogP contribution in [-0.4, -0.2) is 29.6 Å². The lowest BCUT2D eigenvalue weighted by Gasteiger charge is -2.03. The number of hydrogen-bond donors (Lipinski definition) is 2. The predicted octanol–water partition coefficient (Wildman–Crippen LogP) is 0.564.